The summed E-state index contributed by atoms with van der Waals surface area (Å²) in [5.74, 6) is -0.986. The maximum Gasteiger partial charge on any atom is 0.147 e. The fourth-order valence-corrected chi connectivity index (χ4v) is 2.93. The van der Waals surface area contributed by atoms with Crippen LogP contribution in [-0.2, 0) is 11.2 Å². The zero-order valence-electron chi connectivity index (χ0n) is 12.3. The molecule has 0 bridgehead atoms. The molecule has 0 fully saturated rings. The molecule has 3 nitrogen and oxygen atoms in total. The van der Waals surface area contributed by atoms with E-state index in [2.05, 4.69) is 0 Å². The average molecular weight is 352 g/mol. The lowest BCUT2D eigenvalue weighted by Crippen LogP contribution is -2.26. The molecule has 1 aromatic carbocycles. The molecule has 1 aromatic heterocycles. The molecule has 0 atom stereocenters. The molecule has 1 heterocycles. The van der Waals surface area contributed by atoms with E-state index in [1.165, 1.54) is 17.4 Å². The predicted molar refractivity (Wildman–Crippen MR) is 88.1 cm³/mol. The lowest BCUT2D eigenvalue weighted by Gasteiger charge is -2.14. The van der Waals surface area contributed by atoms with Gasteiger partial charge in [-0.05, 0) is 29.9 Å². The molecule has 0 aliphatic heterocycles. The lowest BCUT2D eigenvalue weighted by molar-refractivity contribution is 0.106. The number of nitrogens with zero attached hydrogens (tertiary/aromatic N) is 1. The molecule has 22 heavy (non-hydrogen) atoms. The largest absolute Gasteiger partial charge is 0.395 e. The van der Waals surface area contributed by atoms with Gasteiger partial charge < -0.3 is 14.7 Å². The molecule has 0 aliphatic carbocycles. The van der Waals surface area contributed by atoms with Crippen LogP contribution in [0.5, 0.6) is 0 Å². The number of fused-ring (bicyclic) bond motifs is 1. The molecule has 0 saturated heterocycles. The molecule has 0 saturated carbocycles. The smallest absolute Gasteiger partial charge is 0.147 e. The minimum atomic E-state index is -0.514. The van der Waals surface area contributed by atoms with Crippen molar-refractivity contribution in [3.05, 3.63) is 34.7 Å². The van der Waals surface area contributed by atoms with Gasteiger partial charge in [-0.3, -0.25) is 0 Å². The third-order valence-corrected chi connectivity index (χ3v) is 4.25. The average Bonchev–Trinajstić information content (AvgIpc) is 2.90. The van der Waals surface area contributed by atoms with E-state index >= 15 is 0 Å². The second kappa shape index (κ2) is 9.37. The molecular weight excluding hydrogens is 332 g/mol. The molecule has 0 aliphatic rings. The van der Waals surface area contributed by atoms with Crippen molar-refractivity contribution in [2.24, 2.45) is 0 Å². The Hall–Kier alpha value is -0.790. The summed E-state index contributed by atoms with van der Waals surface area (Å²) >= 11 is 1.28. The standard InChI is InChI=1S/C15H19F2NO2S.ClH/c1-18(4-6-19)5-8-20-7-2-12-13(16)10-11-3-9-21-15(11)14(12)17;/h3,9-10,19H,2,4-8H2,1H3;1H. The summed E-state index contributed by atoms with van der Waals surface area (Å²) in [4.78, 5) is 1.93. The Morgan fingerprint density at radius 3 is 2.77 bits per heavy atom. The van der Waals surface area contributed by atoms with Crippen LogP contribution in [0.4, 0.5) is 8.78 Å². The molecule has 0 spiro atoms. The summed E-state index contributed by atoms with van der Waals surface area (Å²) in [7, 11) is 1.88. The van der Waals surface area contributed by atoms with Gasteiger partial charge in [0, 0.05) is 25.1 Å². The maximum absolute atomic E-state index is 14.2. The van der Waals surface area contributed by atoms with Crippen LogP contribution in [0.25, 0.3) is 10.1 Å². The van der Waals surface area contributed by atoms with Crippen molar-refractivity contribution < 1.29 is 18.6 Å². The van der Waals surface area contributed by atoms with Crippen molar-refractivity contribution in [1.29, 1.82) is 0 Å². The maximum atomic E-state index is 14.2. The third-order valence-electron chi connectivity index (χ3n) is 3.33. The number of aliphatic hydroxyl groups excluding tert-OH is 1. The van der Waals surface area contributed by atoms with E-state index in [0.717, 1.165) is 0 Å². The van der Waals surface area contributed by atoms with Gasteiger partial charge in [-0.25, -0.2) is 8.78 Å². The molecule has 2 rings (SSSR count). The van der Waals surface area contributed by atoms with Crippen LogP contribution in [-0.4, -0.2) is 50.0 Å². The summed E-state index contributed by atoms with van der Waals surface area (Å²) in [6.45, 7) is 2.11. The fourth-order valence-electron chi connectivity index (χ4n) is 2.09. The highest BCUT2D eigenvalue weighted by Gasteiger charge is 2.14. The Balaban J connectivity index is 0.00000242. The van der Waals surface area contributed by atoms with Crippen molar-refractivity contribution in [3.63, 3.8) is 0 Å². The topological polar surface area (TPSA) is 32.7 Å². The number of hydrogen-bond donors (Lipinski definition) is 1. The van der Waals surface area contributed by atoms with E-state index in [0.29, 0.717) is 29.8 Å². The number of likely N-dealkylation sites (N-methyl/N-ethyl adjacent to an activating group) is 1. The lowest BCUT2D eigenvalue weighted by atomic mass is 10.1. The molecule has 7 heteroatoms. The fraction of sp³-hybridized carbons (Fsp3) is 0.467. The van der Waals surface area contributed by atoms with Crippen LogP contribution in [0.3, 0.4) is 0 Å². The molecule has 0 unspecified atom stereocenters. The summed E-state index contributed by atoms with van der Waals surface area (Å²) in [6, 6.07) is 3.09. The van der Waals surface area contributed by atoms with Crippen LogP contribution in [0.2, 0.25) is 0 Å². The highest BCUT2D eigenvalue weighted by molar-refractivity contribution is 7.17. The van der Waals surface area contributed by atoms with Gasteiger partial charge in [0.05, 0.1) is 24.5 Å². The van der Waals surface area contributed by atoms with Gasteiger partial charge >= 0.3 is 0 Å². The van der Waals surface area contributed by atoms with Crippen molar-refractivity contribution in [2.45, 2.75) is 6.42 Å². The molecule has 0 radical (unpaired) electrons. The first-order valence-corrected chi connectivity index (χ1v) is 7.72. The van der Waals surface area contributed by atoms with Gasteiger partial charge in [0.15, 0.2) is 0 Å². The molecule has 1 N–H and O–H groups in total. The Morgan fingerprint density at radius 2 is 2.05 bits per heavy atom. The van der Waals surface area contributed by atoms with E-state index in [-0.39, 0.29) is 37.6 Å². The summed E-state index contributed by atoms with van der Waals surface area (Å²) in [6.07, 6.45) is 0.217. The summed E-state index contributed by atoms with van der Waals surface area (Å²) in [5, 5.41) is 11.1. The van der Waals surface area contributed by atoms with Gasteiger partial charge in [0.1, 0.15) is 11.6 Å². The minimum absolute atomic E-state index is 0. The second-order valence-corrected chi connectivity index (χ2v) is 5.80. The third kappa shape index (κ3) is 4.86. The number of ether oxygens (including phenoxy) is 1. The van der Waals surface area contributed by atoms with Gasteiger partial charge in [-0.2, -0.15) is 0 Å². The number of halogens is 3. The van der Waals surface area contributed by atoms with Gasteiger partial charge in [0.25, 0.3) is 0 Å². The van der Waals surface area contributed by atoms with Crippen molar-refractivity contribution in [1.82, 2.24) is 4.90 Å². The monoisotopic (exact) mass is 351 g/mol. The van der Waals surface area contributed by atoms with Gasteiger partial charge in [-0.1, -0.05) is 0 Å². The SMILES string of the molecule is CN(CCO)CCOCCc1c(F)cc2ccsc2c1F.Cl. The zero-order chi connectivity index (χ0) is 15.2. The van der Waals surface area contributed by atoms with Crippen LogP contribution >= 0.6 is 23.7 Å². The number of rotatable bonds is 8. The summed E-state index contributed by atoms with van der Waals surface area (Å²) in [5.41, 5.74) is 0.0914. The Kier molecular flexibility index (Phi) is 8.20. The van der Waals surface area contributed by atoms with Crippen molar-refractivity contribution in [2.75, 3.05) is 40.0 Å². The van der Waals surface area contributed by atoms with Crippen LogP contribution < -0.4 is 0 Å². The van der Waals surface area contributed by atoms with Gasteiger partial charge in [0.2, 0.25) is 0 Å². The van der Waals surface area contributed by atoms with Crippen LogP contribution in [0, 0.1) is 11.6 Å². The molecular formula is C15H20ClF2NO2S. The number of thiophene rings is 1. The summed E-state index contributed by atoms with van der Waals surface area (Å²) < 4.78 is 33.9. The van der Waals surface area contributed by atoms with E-state index in [9.17, 15) is 8.78 Å². The van der Waals surface area contributed by atoms with E-state index in [4.69, 9.17) is 9.84 Å². The Morgan fingerprint density at radius 1 is 1.27 bits per heavy atom. The number of benzene rings is 1. The van der Waals surface area contributed by atoms with E-state index in [1.54, 1.807) is 11.4 Å². The van der Waals surface area contributed by atoms with Crippen LogP contribution in [0.15, 0.2) is 17.5 Å². The number of hydrogen-bond acceptors (Lipinski definition) is 4. The first-order valence-electron chi connectivity index (χ1n) is 6.84. The quantitative estimate of drug-likeness (QED) is 0.742. The van der Waals surface area contributed by atoms with Crippen molar-refractivity contribution in [3.8, 4) is 0 Å². The Bertz CT molecular complexity index is 594. The van der Waals surface area contributed by atoms with E-state index in [1.807, 2.05) is 11.9 Å². The van der Waals surface area contributed by atoms with Gasteiger partial charge in [-0.15, -0.1) is 23.7 Å². The second-order valence-electron chi connectivity index (χ2n) is 4.88. The predicted octanol–water partition coefficient (Wildman–Crippen LogP) is 3.08. The van der Waals surface area contributed by atoms with E-state index < -0.39 is 11.6 Å². The Labute approximate surface area is 138 Å². The molecule has 2 aromatic rings. The first kappa shape index (κ1) is 19.3. The number of aliphatic hydroxyl groups is 1. The normalized spacial score (nSPS) is 11.1. The highest BCUT2D eigenvalue weighted by Crippen LogP contribution is 2.28. The first-order chi connectivity index (χ1) is 10.1. The minimum Gasteiger partial charge on any atom is -0.395 e. The molecule has 124 valence electrons. The highest BCUT2D eigenvalue weighted by atomic mass is 35.5. The van der Waals surface area contributed by atoms with Crippen molar-refractivity contribution >= 4 is 33.8 Å². The molecule has 0 amide bonds. The van der Waals surface area contributed by atoms with Crippen LogP contribution in [0.1, 0.15) is 5.56 Å². The zero-order valence-corrected chi connectivity index (χ0v) is 14.0.